The Bertz CT molecular complexity index is 675. The number of carbonyl (C=O) groups is 1. The molecule has 2 aliphatic rings. The maximum absolute atomic E-state index is 12.2. The minimum atomic E-state index is 0.0559. The Hall–Kier alpha value is -2.51. The fourth-order valence-electron chi connectivity index (χ4n) is 3.18. The second kappa shape index (κ2) is 5.94. The molecule has 1 aliphatic carbocycles. The molecule has 8 heteroatoms. The first-order valence-corrected chi connectivity index (χ1v) is 8.02. The summed E-state index contributed by atoms with van der Waals surface area (Å²) >= 11 is 0. The molecule has 0 bridgehead atoms. The van der Waals surface area contributed by atoms with Crippen LogP contribution in [0.3, 0.4) is 0 Å². The van der Waals surface area contributed by atoms with Crippen LogP contribution in [0, 0.1) is 5.92 Å². The van der Waals surface area contributed by atoms with Gasteiger partial charge in [-0.05, 0) is 12.8 Å². The molecule has 0 aromatic carbocycles. The highest BCUT2D eigenvalue weighted by atomic mass is 16.2. The summed E-state index contributed by atoms with van der Waals surface area (Å²) in [6.07, 6.45) is 9.28. The quantitative estimate of drug-likeness (QED) is 0.887. The van der Waals surface area contributed by atoms with E-state index in [-0.39, 0.29) is 11.8 Å². The average Bonchev–Trinajstić information content (AvgIpc) is 3.19. The van der Waals surface area contributed by atoms with Gasteiger partial charge in [0.2, 0.25) is 5.91 Å². The van der Waals surface area contributed by atoms with Crippen LogP contribution in [0.2, 0.25) is 0 Å². The molecule has 0 spiro atoms. The van der Waals surface area contributed by atoms with E-state index in [0.29, 0.717) is 24.9 Å². The predicted molar refractivity (Wildman–Crippen MR) is 83.1 cm³/mol. The molecule has 0 radical (unpaired) electrons. The van der Waals surface area contributed by atoms with Crippen LogP contribution in [-0.4, -0.2) is 49.8 Å². The van der Waals surface area contributed by atoms with Crippen molar-refractivity contribution in [2.75, 3.05) is 18.0 Å². The normalized spacial score (nSPS) is 18.9. The SMILES string of the molecule is O=C(NC1CCCC1)C1CN(c2cc(-n3cncn3)ncn2)C1. The number of nitrogens with zero attached hydrogens (tertiary/aromatic N) is 6. The first-order valence-electron chi connectivity index (χ1n) is 8.02. The molecule has 2 fully saturated rings. The fraction of sp³-hybridized carbons (Fsp3) is 0.533. The number of hydrogen-bond donors (Lipinski definition) is 1. The highest BCUT2D eigenvalue weighted by molar-refractivity contribution is 5.82. The van der Waals surface area contributed by atoms with Gasteiger partial charge in [-0.3, -0.25) is 4.79 Å². The van der Waals surface area contributed by atoms with Crippen LogP contribution in [0.5, 0.6) is 0 Å². The number of amides is 1. The summed E-state index contributed by atoms with van der Waals surface area (Å²) in [5.74, 6) is 1.72. The van der Waals surface area contributed by atoms with E-state index in [1.165, 1.54) is 25.5 Å². The molecule has 1 N–H and O–H groups in total. The van der Waals surface area contributed by atoms with Gasteiger partial charge >= 0.3 is 0 Å². The molecule has 120 valence electrons. The van der Waals surface area contributed by atoms with Gasteiger partial charge in [0.05, 0.1) is 5.92 Å². The number of aromatic nitrogens is 5. The summed E-state index contributed by atoms with van der Waals surface area (Å²) in [5.41, 5.74) is 0. The highest BCUT2D eigenvalue weighted by Crippen LogP contribution is 2.25. The van der Waals surface area contributed by atoms with Gasteiger partial charge in [0.1, 0.15) is 24.8 Å². The van der Waals surface area contributed by atoms with Crippen molar-refractivity contribution in [3.63, 3.8) is 0 Å². The van der Waals surface area contributed by atoms with Crippen molar-refractivity contribution in [1.82, 2.24) is 30.0 Å². The van der Waals surface area contributed by atoms with E-state index in [0.717, 1.165) is 18.7 Å². The van der Waals surface area contributed by atoms with E-state index in [9.17, 15) is 4.79 Å². The first kappa shape index (κ1) is 14.1. The van der Waals surface area contributed by atoms with E-state index in [1.54, 1.807) is 11.0 Å². The van der Waals surface area contributed by atoms with Crippen LogP contribution < -0.4 is 10.2 Å². The van der Waals surface area contributed by atoms with Gasteiger partial charge in [0, 0.05) is 25.2 Å². The number of carbonyl (C=O) groups excluding carboxylic acids is 1. The van der Waals surface area contributed by atoms with Crippen molar-refractivity contribution >= 4 is 11.7 Å². The molecule has 0 atom stereocenters. The molecular weight excluding hydrogens is 294 g/mol. The van der Waals surface area contributed by atoms with E-state index >= 15 is 0 Å². The van der Waals surface area contributed by atoms with E-state index in [1.807, 2.05) is 6.07 Å². The van der Waals surface area contributed by atoms with Crippen LogP contribution >= 0.6 is 0 Å². The minimum Gasteiger partial charge on any atom is -0.355 e. The van der Waals surface area contributed by atoms with E-state index in [4.69, 9.17) is 0 Å². The molecule has 1 amide bonds. The molecule has 1 aliphatic heterocycles. The van der Waals surface area contributed by atoms with E-state index < -0.39 is 0 Å². The Balaban J connectivity index is 1.36. The summed E-state index contributed by atoms with van der Waals surface area (Å²) < 4.78 is 1.59. The lowest BCUT2D eigenvalue weighted by Crippen LogP contribution is -2.55. The Morgan fingerprint density at radius 3 is 2.65 bits per heavy atom. The number of anilines is 1. The van der Waals surface area contributed by atoms with Crippen LogP contribution in [0.4, 0.5) is 5.82 Å². The van der Waals surface area contributed by atoms with Crippen molar-refractivity contribution in [3.05, 3.63) is 25.0 Å². The molecule has 8 nitrogen and oxygen atoms in total. The van der Waals surface area contributed by atoms with Crippen LogP contribution in [-0.2, 0) is 4.79 Å². The van der Waals surface area contributed by atoms with Crippen molar-refractivity contribution in [2.45, 2.75) is 31.7 Å². The van der Waals surface area contributed by atoms with Gasteiger partial charge < -0.3 is 10.2 Å². The van der Waals surface area contributed by atoms with Crippen LogP contribution in [0.1, 0.15) is 25.7 Å². The Kier molecular flexibility index (Phi) is 3.64. The summed E-state index contributed by atoms with van der Waals surface area (Å²) in [6.45, 7) is 1.40. The average molecular weight is 313 g/mol. The largest absolute Gasteiger partial charge is 0.355 e. The maximum Gasteiger partial charge on any atom is 0.226 e. The molecule has 23 heavy (non-hydrogen) atoms. The minimum absolute atomic E-state index is 0.0559. The zero-order valence-corrected chi connectivity index (χ0v) is 12.8. The predicted octanol–water partition coefficient (Wildman–Crippen LogP) is 0.552. The molecule has 2 aromatic rings. The van der Waals surface area contributed by atoms with Gasteiger partial charge in [0.15, 0.2) is 5.82 Å². The summed E-state index contributed by atoms with van der Waals surface area (Å²) in [5, 5.41) is 7.23. The Morgan fingerprint density at radius 1 is 1.13 bits per heavy atom. The summed E-state index contributed by atoms with van der Waals surface area (Å²) in [6, 6.07) is 2.24. The van der Waals surface area contributed by atoms with Gasteiger partial charge in [-0.2, -0.15) is 5.10 Å². The van der Waals surface area contributed by atoms with Crippen LogP contribution in [0.25, 0.3) is 5.82 Å². The summed E-state index contributed by atoms with van der Waals surface area (Å²) in [4.78, 5) is 26.7. The molecule has 1 saturated heterocycles. The molecule has 3 heterocycles. The van der Waals surface area contributed by atoms with Crippen LogP contribution in [0.15, 0.2) is 25.0 Å². The van der Waals surface area contributed by atoms with Gasteiger partial charge in [-0.15, -0.1) is 0 Å². The smallest absolute Gasteiger partial charge is 0.226 e. The standard InChI is InChI=1S/C15H19N7O/c23-15(20-12-3-1-2-4-12)11-6-21(7-11)13-5-14(18-9-17-13)22-10-16-8-19-22/h5,8-12H,1-4,6-7H2,(H,20,23). The Labute approximate surface area is 133 Å². The third-order valence-corrected chi connectivity index (χ3v) is 4.57. The van der Waals surface area contributed by atoms with Gasteiger partial charge in [-0.25, -0.2) is 19.6 Å². The molecule has 1 saturated carbocycles. The first-order chi connectivity index (χ1) is 11.3. The second-order valence-corrected chi connectivity index (χ2v) is 6.17. The number of nitrogens with one attached hydrogen (secondary N) is 1. The molecule has 2 aromatic heterocycles. The lowest BCUT2D eigenvalue weighted by molar-refractivity contribution is -0.126. The fourth-order valence-corrected chi connectivity index (χ4v) is 3.18. The van der Waals surface area contributed by atoms with Gasteiger partial charge in [-0.1, -0.05) is 12.8 Å². The topological polar surface area (TPSA) is 88.8 Å². The van der Waals surface area contributed by atoms with Crippen molar-refractivity contribution in [1.29, 1.82) is 0 Å². The van der Waals surface area contributed by atoms with Crippen molar-refractivity contribution in [2.24, 2.45) is 5.92 Å². The second-order valence-electron chi connectivity index (χ2n) is 6.17. The number of rotatable bonds is 4. The Morgan fingerprint density at radius 2 is 1.91 bits per heavy atom. The number of hydrogen-bond acceptors (Lipinski definition) is 6. The monoisotopic (exact) mass is 313 g/mol. The highest BCUT2D eigenvalue weighted by Gasteiger charge is 2.34. The molecule has 0 unspecified atom stereocenters. The molecular formula is C15H19N7O. The van der Waals surface area contributed by atoms with Gasteiger partial charge in [0.25, 0.3) is 0 Å². The van der Waals surface area contributed by atoms with Crippen molar-refractivity contribution in [3.8, 4) is 5.82 Å². The van der Waals surface area contributed by atoms with E-state index in [2.05, 4.69) is 30.3 Å². The molecule has 4 rings (SSSR count). The zero-order valence-electron chi connectivity index (χ0n) is 12.8. The van der Waals surface area contributed by atoms with Crippen molar-refractivity contribution < 1.29 is 4.79 Å². The maximum atomic E-state index is 12.2. The summed E-state index contributed by atoms with van der Waals surface area (Å²) in [7, 11) is 0. The third-order valence-electron chi connectivity index (χ3n) is 4.57. The zero-order chi connectivity index (χ0) is 15.6. The lowest BCUT2D eigenvalue weighted by Gasteiger charge is -2.39. The lowest BCUT2D eigenvalue weighted by atomic mass is 9.98. The third kappa shape index (κ3) is 2.88.